The van der Waals surface area contributed by atoms with Gasteiger partial charge in [0.25, 0.3) is 5.91 Å². The molecule has 0 aliphatic rings. The molecule has 0 aromatic carbocycles. The number of nitrogens with zero attached hydrogens (tertiary/aromatic N) is 2. The Labute approximate surface area is 134 Å². The van der Waals surface area contributed by atoms with Crippen LogP contribution in [0.2, 0.25) is 0 Å². The van der Waals surface area contributed by atoms with Gasteiger partial charge in [-0.1, -0.05) is 30.3 Å². The third-order valence-corrected chi connectivity index (χ3v) is 4.19. The topological polar surface area (TPSA) is 68.0 Å². The summed E-state index contributed by atoms with van der Waals surface area (Å²) in [5, 5.41) is 7.68. The smallest absolute Gasteiger partial charge is 0.254 e. The van der Waals surface area contributed by atoms with E-state index in [9.17, 15) is 4.79 Å². The predicted octanol–water partition coefficient (Wildman–Crippen LogP) is 3.59. The van der Waals surface area contributed by atoms with Crippen molar-refractivity contribution in [3.05, 3.63) is 41.4 Å². The highest BCUT2D eigenvalue weighted by Crippen LogP contribution is 2.24. The molecule has 1 amide bonds. The number of thioether (sulfide) groups is 1. The summed E-state index contributed by atoms with van der Waals surface area (Å²) >= 11 is 1.49. The largest absolute Gasteiger partial charge is 0.361 e. The average Bonchev–Trinajstić information content (AvgIpc) is 2.91. The Morgan fingerprint density at radius 3 is 3.00 bits per heavy atom. The first-order chi connectivity index (χ1) is 10.6. The van der Waals surface area contributed by atoms with Crippen molar-refractivity contribution in [2.45, 2.75) is 50.4 Å². The van der Waals surface area contributed by atoms with Gasteiger partial charge in [0, 0.05) is 24.1 Å². The van der Waals surface area contributed by atoms with E-state index < -0.39 is 0 Å². The van der Waals surface area contributed by atoms with Crippen LogP contribution in [0.15, 0.2) is 33.9 Å². The molecule has 0 fully saturated rings. The van der Waals surface area contributed by atoms with Gasteiger partial charge in [0.05, 0.1) is 11.3 Å². The van der Waals surface area contributed by atoms with Crippen LogP contribution in [-0.2, 0) is 5.75 Å². The summed E-state index contributed by atoms with van der Waals surface area (Å²) in [5.41, 5.74) is 1.45. The minimum atomic E-state index is -0.0760. The highest BCUT2D eigenvalue weighted by molar-refractivity contribution is 7.98. The Bertz CT molecular complexity index is 627. The van der Waals surface area contributed by atoms with Crippen molar-refractivity contribution in [2.75, 3.05) is 0 Å². The Hall–Kier alpha value is -1.82. The number of pyridine rings is 1. The fourth-order valence-corrected chi connectivity index (χ4v) is 2.99. The van der Waals surface area contributed by atoms with Crippen molar-refractivity contribution in [1.82, 2.24) is 15.5 Å². The van der Waals surface area contributed by atoms with Crippen LogP contribution in [0.5, 0.6) is 0 Å². The molecule has 0 saturated heterocycles. The maximum absolute atomic E-state index is 12.4. The predicted molar refractivity (Wildman–Crippen MR) is 86.9 cm³/mol. The summed E-state index contributed by atoms with van der Waals surface area (Å²) in [7, 11) is 0. The van der Waals surface area contributed by atoms with Gasteiger partial charge in [-0.15, -0.1) is 0 Å². The van der Waals surface area contributed by atoms with E-state index in [0.717, 1.165) is 24.3 Å². The van der Waals surface area contributed by atoms with E-state index in [1.165, 1.54) is 11.8 Å². The van der Waals surface area contributed by atoms with Gasteiger partial charge in [0.2, 0.25) is 0 Å². The summed E-state index contributed by atoms with van der Waals surface area (Å²) in [5.74, 6) is 1.33. The number of carbonyl (C=O) groups is 1. The lowest BCUT2D eigenvalue weighted by Crippen LogP contribution is -2.32. The van der Waals surface area contributed by atoms with Crippen molar-refractivity contribution < 1.29 is 9.32 Å². The van der Waals surface area contributed by atoms with E-state index >= 15 is 0 Å². The number of carbonyl (C=O) groups excluding carboxylic acids is 1. The van der Waals surface area contributed by atoms with Crippen molar-refractivity contribution in [3.63, 3.8) is 0 Å². The standard InChI is InChI=1S/C16H21N3O2S/c1-4-6-11(2)18-15(20)14-7-5-8-17-16(14)22-10-13-9-12(3)21-19-13/h5,7-9,11H,4,6,10H2,1-3H3,(H,18,20). The molecule has 2 rings (SSSR count). The molecule has 2 aromatic rings. The summed E-state index contributed by atoms with van der Waals surface area (Å²) < 4.78 is 5.05. The maximum Gasteiger partial charge on any atom is 0.254 e. The van der Waals surface area contributed by atoms with Gasteiger partial charge in [-0.25, -0.2) is 4.98 Å². The van der Waals surface area contributed by atoms with Crippen molar-refractivity contribution in [3.8, 4) is 0 Å². The second-order valence-corrected chi connectivity index (χ2v) is 6.20. The van der Waals surface area contributed by atoms with Crippen LogP contribution >= 0.6 is 11.8 Å². The quantitative estimate of drug-likeness (QED) is 0.790. The van der Waals surface area contributed by atoms with Crippen LogP contribution in [0.3, 0.4) is 0 Å². The molecule has 2 heterocycles. The first-order valence-electron chi connectivity index (χ1n) is 7.41. The highest BCUT2D eigenvalue weighted by Gasteiger charge is 2.15. The van der Waals surface area contributed by atoms with Gasteiger partial charge < -0.3 is 9.84 Å². The van der Waals surface area contributed by atoms with Crippen LogP contribution < -0.4 is 5.32 Å². The third-order valence-electron chi connectivity index (χ3n) is 3.15. The minimum Gasteiger partial charge on any atom is -0.361 e. The van der Waals surface area contributed by atoms with Crippen LogP contribution in [-0.4, -0.2) is 22.1 Å². The van der Waals surface area contributed by atoms with E-state index in [-0.39, 0.29) is 11.9 Å². The number of aryl methyl sites for hydroxylation is 1. The monoisotopic (exact) mass is 319 g/mol. The van der Waals surface area contributed by atoms with Crippen molar-refractivity contribution >= 4 is 17.7 Å². The Morgan fingerprint density at radius 1 is 1.50 bits per heavy atom. The third kappa shape index (κ3) is 4.59. The molecule has 118 valence electrons. The Balaban J connectivity index is 2.04. The van der Waals surface area contributed by atoms with Crippen LogP contribution in [0.1, 0.15) is 48.5 Å². The normalized spacial score (nSPS) is 12.1. The first kappa shape index (κ1) is 16.5. The van der Waals surface area contributed by atoms with Gasteiger partial charge >= 0.3 is 0 Å². The number of hydrogen-bond donors (Lipinski definition) is 1. The summed E-state index contributed by atoms with van der Waals surface area (Å²) in [6.45, 7) is 5.98. The van der Waals surface area contributed by atoms with E-state index in [2.05, 4.69) is 22.4 Å². The van der Waals surface area contributed by atoms with Crippen LogP contribution in [0.4, 0.5) is 0 Å². The molecular weight excluding hydrogens is 298 g/mol. The van der Waals surface area contributed by atoms with Gasteiger partial charge in [0.1, 0.15) is 10.8 Å². The molecule has 0 bridgehead atoms. The fourth-order valence-electron chi connectivity index (χ4n) is 2.11. The zero-order valence-corrected chi connectivity index (χ0v) is 13.9. The maximum atomic E-state index is 12.4. The molecule has 0 spiro atoms. The van der Waals surface area contributed by atoms with E-state index in [4.69, 9.17) is 4.52 Å². The van der Waals surface area contributed by atoms with E-state index in [0.29, 0.717) is 16.3 Å². The van der Waals surface area contributed by atoms with E-state index in [1.807, 2.05) is 19.9 Å². The number of rotatable bonds is 7. The SMILES string of the molecule is CCCC(C)NC(=O)c1cccnc1SCc1cc(C)on1. The zero-order valence-electron chi connectivity index (χ0n) is 13.1. The molecule has 6 heteroatoms. The number of aromatic nitrogens is 2. The Morgan fingerprint density at radius 2 is 2.32 bits per heavy atom. The lowest BCUT2D eigenvalue weighted by atomic mass is 10.2. The van der Waals surface area contributed by atoms with Gasteiger partial charge in [-0.3, -0.25) is 4.79 Å². The van der Waals surface area contributed by atoms with Gasteiger partial charge in [-0.2, -0.15) is 0 Å². The number of nitrogens with one attached hydrogen (secondary N) is 1. The molecular formula is C16H21N3O2S. The average molecular weight is 319 g/mol. The minimum absolute atomic E-state index is 0.0760. The van der Waals surface area contributed by atoms with Crippen molar-refractivity contribution in [1.29, 1.82) is 0 Å². The lowest BCUT2D eigenvalue weighted by Gasteiger charge is -2.14. The summed E-state index contributed by atoms with van der Waals surface area (Å²) in [4.78, 5) is 16.7. The molecule has 0 aliphatic heterocycles. The second kappa shape index (κ2) is 7.98. The summed E-state index contributed by atoms with van der Waals surface area (Å²) in [6, 6.07) is 5.63. The van der Waals surface area contributed by atoms with Gasteiger partial charge in [0.15, 0.2) is 0 Å². The second-order valence-electron chi connectivity index (χ2n) is 5.24. The first-order valence-corrected chi connectivity index (χ1v) is 8.39. The van der Waals surface area contributed by atoms with Crippen LogP contribution in [0, 0.1) is 6.92 Å². The fraction of sp³-hybridized carbons (Fsp3) is 0.438. The molecule has 2 aromatic heterocycles. The molecule has 0 aliphatic carbocycles. The molecule has 5 nitrogen and oxygen atoms in total. The summed E-state index contributed by atoms with van der Waals surface area (Å²) in [6.07, 6.45) is 3.71. The molecule has 22 heavy (non-hydrogen) atoms. The highest BCUT2D eigenvalue weighted by atomic mass is 32.2. The molecule has 0 saturated carbocycles. The van der Waals surface area contributed by atoms with Gasteiger partial charge in [-0.05, 0) is 32.4 Å². The molecule has 0 radical (unpaired) electrons. The number of amides is 1. The Kier molecular flexibility index (Phi) is 6.00. The van der Waals surface area contributed by atoms with Crippen LogP contribution in [0.25, 0.3) is 0 Å². The van der Waals surface area contributed by atoms with E-state index in [1.54, 1.807) is 18.3 Å². The number of hydrogen-bond acceptors (Lipinski definition) is 5. The molecule has 1 unspecified atom stereocenters. The molecule has 1 atom stereocenters. The lowest BCUT2D eigenvalue weighted by molar-refractivity contribution is 0.0934. The molecule has 1 N–H and O–H groups in total. The van der Waals surface area contributed by atoms with Crippen molar-refractivity contribution in [2.24, 2.45) is 0 Å². The zero-order chi connectivity index (χ0) is 15.9.